The highest BCUT2D eigenvalue weighted by Crippen LogP contribution is 2.24. The topological polar surface area (TPSA) is 55.1 Å². The van der Waals surface area contributed by atoms with Crippen molar-refractivity contribution in [1.82, 2.24) is 4.98 Å². The molecule has 0 radical (unpaired) electrons. The van der Waals surface area contributed by atoms with E-state index in [0.29, 0.717) is 5.89 Å². The molecule has 1 atom stereocenters. The number of nitrogens with one attached hydrogen (secondary N) is 1. The Balaban J connectivity index is 1.82. The fraction of sp³-hybridized carbons (Fsp3) is 0.222. The van der Waals surface area contributed by atoms with Gasteiger partial charge in [0.2, 0.25) is 5.91 Å². The molecule has 3 aromatic rings. The smallest absolute Gasteiger partial charge is 0.231 e. The zero-order chi connectivity index (χ0) is 15.5. The summed E-state index contributed by atoms with van der Waals surface area (Å²) < 4.78 is 5.44. The average Bonchev–Trinajstić information content (AvgIpc) is 2.88. The number of benzene rings is 2. The maximum atomic E-state index is 12.5. The first kappa shape index (κ1) is 14.3. The Morgan fingerprint density at radius 3 is 2.73 bits per heavy atom. The molecule has 1 amide bonds. The van der Waals surface area contributed by atoms with Crippen LogP contribution in [0.1, 0.15) is 30.7 Å². The minimum atomic E-state index is -0.157. The summed E-state index contributed by atoms with van der Waals surface area (Å²) in [4.78, 5) is 16.8. The molecule has 0 saturated heterocycles. The van der Waals surface area contributed by atoms with Crippen LogP contribution in [0, 0.1) is 6.92 Å². The fourth-order valence-corrected chi connectivity index (χ4v) is 2.61. The van der Waals surface area contributed by atoms with Crippen LogP contribution in [-0.4, -0.2) is 10.9 Å². The molecule has 1 heterocycles. The molecule has 22 heavy (non-hydrogen) atoms. The first-order valence-electron chi connectivity index (χ1n) is 7.40. The number of carbonyl (C=O) groups excluding carboxylic acids is 1. The molecule has 0 fully saturated rings. The van der Waals surface area contributed by atoms with E-state index in [1.807, 2.05) is 55.5 Å². The Morgan fingerprint density at radius 2 is 2.00 bits per heavy atom. The highest BCUT2D eigenvalue weighted by Gasteiger charge is 2.18. The van der Waals surface area contributed by atoms with E-state index in [1.54, 1.807) is 6.92 Å². The van der Waals surface area contributed by atoms with Gasteiger partial charge in [-0.05, 0) is 30.2 Å². The summed E-state index contributed by atoms with van der Waals surface area (Å²) in [7, 11) is 0. The number of oxazole rings is 1. The molecule has 0 aliphatic carbocycles. The normalized spacial score (nSPS) is 12.3. The summed E-state index contributed by atoms with van der Waals surface area (Å²) >= 11 is 0. The van der Waals surface area contributed by atoms with Crippen LogP contribution in [0.25, 0.3) is 11.1 Å². The molecule has 1 N–H and O–H groups in total. The number of fused-ring (bicyclic) bond motifs is 1. The molecule has 2 aromatic carbocycles. The standard InChI is InChI=1S/C18H18N2O2/c1-3-15(13-7-5-4-6-8-13)18(21)20-14-9-10-17-16(11-14)19-12(2)22-17/h4-11,15H,3H2,1-2H3,(H,20,21). The zero-order valence-electron chi connectivity index (χ0n) is 12.7. The van der Waals surface area contributed by atoms with Gasteiger partial charge in [0.25, 0.3) is 0 Å². The van der Waals surface area contributed by atoms with Crippen LogP contribution in [0.2, 0.25) is 0 Å². The highest BCUT2D eigenvalue weighted by molar-refractivity contribution is 5.97. The van der Waals surface area contributed by atoms with E-state index in [2.05, 4.69) is 10.3 Å². The van der Waals surface area contributed by atoms with Crippen LogP contribution in [0.4, 0.5) is 5.69 Å². The average molecular weight is 294 g/mol. The first-order chi connectivity index (χ1) is 10.7. The lowest BCUT2D eigenvalue weighted by atomic mass is 9.95. The number of nitrogens with zero attached hydrogens (tertiary/aromatic N) is 1. The van der Waals surface area contributed by atoms with Gasteiger partial charge in [-0.3, -0.25) is 4.79 Å². The quantitative estimate of drug-likeness (QED) is 0.781. The van der Waals surface area contributed by atoms with Crippen molar-refractivity contribution < 1.29 is 9.21 Å². The van der Waals surface area contributed by atoms with Gasteiger partial charge in [0.1, 0.15) is 5.52 Å². The molecule has 0 aliphatic heterocycles. The van der Waals surface area contributed by atoms with Crippen molar-refractivity contribution in [1.29, 1.82) is 0 Å². The van der Waals surface area contributed by atoms with Crippen molar-refractivity contribution in [2.24, 2.45) is 0 Å². The minimum Gasteiger partial charge on any atom is -0.441 e. The van der Waals surface area contributed by atoms with Gasteiger partial charge in [-0.25, -0.2) is 4.98 Å². The van der Waals surface area contributed by atoms with Gasteiger partial charge in [-0.2, -0.15) is 0 Å². The maximum Gasteiger partial charge on any atom is 0.231 e. The molecule has 4 nitrogen and oxygen atoms in total. The third kappa shape index (κ3) is 2.86. The molecule has 4 heteroatoms. The van der Waals surface area contributed by atoms with Crippen LogP contribution in [0.15, 0.2) is 52.9 Å². The lowest BCUT2D eigenvalue weighted by Gasteiger charge is -2.15. The molecule has 0 spiro atoms. The van der Waals surface area contributed by atoms with Crippen molar-refractivity contribution >= 4 is 22.7 Å². The SMILES string of the molecule is CCC(C(=O)Nc1ccc2oc(C)nc2c1)c1ccccc1. The zero-order valence-corrected chi connectivity index (χ0v) is 12.7. The summed E-state index contributed by atoms with van der Waals surface area (Å²) in [5, 5.41) is 2.97. The van der Waals surface area contributed by atoms with Gasteiger partial charge in [0, 0.05) is 12.6 Å². The fourth-order valence-electron chi connectivity index (χ4n) is 2.61. The van der Waals surface area contributed by atoms with Crippen LogP contribution >= 0.6 is 0 Å². The molecule has 1 aromatic heterocycles. The Morgan fingerprint density at radius 1 is 1.23 bits per heavy atom. The van der Waals surface area contributed by atoms with Gasteiger partial charge in [-0.15, -0.1) is 0 Å². The van der Waals surface area contributed by atoms with Gasteiger partial charge in [0.15, 0.2) is 11.5 Å². The van der Waals surface area contributed by atoms with Crippen molar-refractivity contribution in [2.45, 2.75) is 26.2 Å². The maximum absolute atomic E-state index is 12.5. The van der Waals surface area contributed by atoms with Crippen molar-refractivity contribution in [2.75, 3.05) is 5.32 Å². The lowest BCUT2D eigenvalue weighted by Crippen LogP contribution is -2.20. The van der Waals surface area contributed by atoms with E-state index < -0.39 is 0 Å². The third-order valence-electron chi connectivity index (χ3n) is 3.69. The van der Waals surface area contributed by atoms with E-state index in [-0.39, 0.29) is 11.8 Å². The molecular formula is C18H18N2O2. The number of rotatable bonds is 4. The number of aryl methyl sites for hydroxylation is 1. The van der Waals surface area contributed by atoms with Gasteiger partial charge >= 0.3 is 0 Å². The summed E-state index contributed by atoms with van der Waals surface area (Å²) in [6.07, 6.45) is 0.751. The van der Waals surface area contributed by atoms with E-state index in [1.165, 1.54) is 0 Å². The number of hydrogen-bond donors (Lipinski definition) is 1. The van der Waals surface area contributed by atoms with E-state index >= 15 is 0 Å². The minimum absolute atomic E-state index is 0.00623. The van der Waals surface area contributed by atoms with Crippen molar-refractivity contribution in [3.05, 3.63) is 60.0 Å². The third-order valence-corrected chi connectivity index (χ3v) is 3.69. The molecule has 0 aliphatic rings. The number of hydrogen-bond acceptors (Lipinski definition) is 3. The first-order valence-corrected chi connectivity index (χ1v) is 7.40. The second-order valence-electron chi connectivity index (χ2n) is 5.28. The second kappa shape index (κ2) is 6.02. The molecular weight excluding hydrogens is 276 g/mol. The Kier molecular flexibility index (Phi) is 3.92. The van der Waals surface area contributed by atoms with Crippen LogP contribution < -0.4 is 5.32 Å². The molecule has 3 rings (SSSR count). The Bertz CT molecular complexity index is 793. The monoisotopic (exact) mass is 294 g/mol. The van der Waals surface area contributed by atoms with E-state index in [0.717, 1.165) is 28.8 Å². The predicted octanol–water partition coefficient (Wildman–Crippen LogP) is 4.27. The van der Waals surface area contributed by atoms with Crippen LogP contribution in [0.5, 0.6) is 0 Å². The van der Waals surface area contributed by atoms with Gasteiger partial charge in [-0.1, -0.05) is 37.3 Å². The van der Waals surface area contributed by atoms with Crippen LogP contribution in [0.3, 0.4) is 0 Å². The number of anilines is 1. The van der Waals surface area contributed by atoms with Crippen molar-refractivity contribution in [3.8, 4) is 0 Å². The molecule has 112 valence electrons. The molecule has 0 saturated carbocycles. The van der Waals surface area contributed by atoms with Crippen molar-refractivity contribution in [3.63, 3.8) is 0 Å². The number of amides is 1. The van der Waals surface area contributed by atoms with E-state index in [9.17, 15) is 4.79 Å². The van der Waals surface area contributed by atoms with Gasteiger partial charge < -0.3 is 9.73 Å². The van der Waals surface area contributed by atoms with Gasteiger partial charge in [0.05, 0.1) is 5.92 Å². The summed E-state index contributed by atoms with van der Waals surface area (Å²) in [6, 6.07) is 15.3. The molecule has 0 bridgehead atoms. The summed E-state index contributed by atoms with van der Waals surface area (Å²) in [6.45, 7) is 3.82. The lowest BCUT2D eigenvalue weighted by molar-refractivity contribution is -0.117. The second-order valence-corrected chi connectivity index (χ2v) is 5.28. The Labute approximate surface area is 129 Å². The number of carbonyl (C=O) groups is 1. The van der Waals surface area contributed by atoms with E-state index in [4.69, 9.17) is 4.42 Å². The molecule has 1 unspecified atom stereocenters. The predicted molar refractivity (Wildman–Crippen MR) is 86.8 cm³/mol. The largest absolute Gasteiger partial charge is 0.441 e. The Hall–Kier alpha value is -2.62. The number of aromatic nitrogens is 1. The van der Waals surface area contributed by atoms with Crippen LogP contribution in [-0.2, 0) is 4.79 Å². The summed E-state index contributed by atoms with van der Waals surface area (Å²) in [5.74, 6) is 0.457. The highest BCUT2D eigenvalue weighted by atomic mass is 16.3. The summed E-state index contributed by atoms with van der Waals surface area (Å²) in [5.41, 5.74) is 3.25.